The number of carboxylic acid groups (broad SMARTS) is 1. The van der Waals surface area contributed by atoms with Gasteiger partial charge in [0.15, 0.2) is 5.48 Å². The van der Waals surface area contributed by atoms with Gasteiger partial charge in [0, 0.05) is 36.6 Å². The van der Waals surface area contributed by atoms with Crippen LogP contribution >= 0.6 is 11.6 Å². The molecular weight excluding hydrogens is 491 g/mol. The summed E-state index contributed by atoms with van der Waals surface area (Å²) < 4.78 is 19.1. The number of carboxylic acids is 1. The second kappa shape index (κ2) is 9.69. The molecule has 2 aliphatic heterocycles. The molecule has 12 heteroatoms. The first-order chi connectivity index (χ1) is 17.3. The molecule has 0 radical (unpaired) electrons. The number of aromatic amines is 1. The Hall–Kier alpha value is -3.80. The van der Waals surface area contributed by atoms with Crippen LogP contribution in [0.1, 0.15) is 21.7 Å². The van der Waals surface area contributed by atoms with Crippen molar-refractivity contribution in [3.63, 3.8) is 0 Å². The number of fused-ring (bicyclic) bond motifs is 1. The molecule has 0 unspecified atom stereocenters. The summed E-state index contributed by atoms with van der Waals surface area (Å²) in [6.45, 7) is 4.62. The quantitative estimate of drug-likeness (QED) is 0.455. The number of H-pyrrole nitrogens is 1. The average molecular weight is 513 g/mol. The summed E-state index contributed by atoms with van der Waals surface area (Å²) >= 11 is 5.94. The summed E-state index contributed by atoms with van der Waals surface area (Å²) in [7, 11) is 0. The maximum Gasteiger partial charge on any atom is 0.352 e. The number of nitrogens with zero attached hydrogens (tertiary/aromatic N) is 4. The third kappa shape index (κ3) is 4.81. The van der Waals surface area contributed by atoms with Crippen molar-refractivity contribution in [2.24, 2.45) is 0 Å². The molecule has 0 bridgehead atoms. The lowest BCUT2D eigenvalue weighted by molar-refractivity contribution is -0.113. The van der Waals surface area contributed by atoms with E-state index in [0.29, 0.717) is 66.8 Å². The Bertz CT molecular complexity index is 1480. The van der Waals surface area contributed by atoms with Crippen LogP contribution in [0.15, 0.2) is 24.3 Å². The summed E-state index contributed by atoms with van der Waals surface area (Å²) in [5.41, 5.74) is 1.99. The molecule has 1 amide bonds. The number of carbonyl (C=O) groups excluding carboxylic acids is 1. The van der Waals surface area contributed by atoms with Gasteiger partial charge in [-0.3, -0.25) is 14.6 Å². The standard InChI is InChI=1S/C24H22ClFN6O4/c1-13-8-19(24(34)35)28-18(13)11-20-29-22(27-14-2-3-17(26)16(25)9-14)15-10-21(33)32(23(15)30-20)12-31-4-6-36-7-5-31/h2-3,8-11,28H,4-7,12H2,1H3,(H,27,29)(H,34,35). The van der Waals surface area contributed by atoms with Gasteiger partial charge in [-0.1, -0.05) is 11.6 Å². The van der Waals surface area contributed by atoms with E-state index in [4.69, 9.17) is 16.3 Å². The van der Waals surface area contributed by atoms with Gasteiger partial charge >= 0.3 is 5.97 Å². The Morgan fingerprint density at radius 3 is 2.78 bits per heavy atom. The molecule has 36 heavy (non-hydrogen) atoms. The molecule has 10 nitrogen and oxygen atoms in total. The van der Waals surface area contributed by atoms with Crippen molar-refractivity contribution in [3.05, 3.63) is 62.8 Å². The zero-order chi connectivity index (χ0) is 25.4. The molecule has 0 saturated carbocycles. The van der Waals surface area contributed by atoms with Gasteiger partial charge in [0.2, 0.25) is 0 Å². The van der Waals surface area contributed by atoms with Gasteiger partial charge < -0.3 is 20.1 Å². The third-order valence-corrected chi connectivity index (χ3v) is 6.21. The number of ether oxygens (including phenoxy) is 1. The van der Waals surface area contributed by atoms with Crippen LogP contribution in [0, 0.1) is 12.7 Å². The number of morpholine rings is 1. The van der Waals surface area contributed by atoms with Crippen LogP contribution in [0.4, 0.5) is 21.7 Å². The number of hydrogen-bond acceptors (Lipinski definition) is 7. The number of benzene rings is 1. The number of nitrogens with one attached hydrogen (secondary N) is 2. The van der Waals surface area contributed by atoms with Crippen LogP contribution in [0.5, 0.6) is 0 Å². The lowest BCUT2D eigenvalue weighted by Gasteiger charge is -2.30. The van der Waals surface area contributed by atoms with E-state index in [1.807, 2.05) is 0 Å². The maximum atomic E-state index is 13.7. The van der Waals surface area contributed by atoms with Crippen LogP contribution in [0.25, 0.3) is 12.2 Å². The second-order valence-electron chi connectivity index (χ2n) is 8.43. The normalized spacial score (nSPS) is 16.2. The first-order valence-electron chi connectivity index (χ1n) is 11.2. The maximum absolute atomic E-state index is 13.7. The number of aromatic nitrogens is 3. The fourth-order valence-corrected chi connectivity index (χ4v) is 4.22. The highest BCUT2D eigenvalue weighted by Gasteiger charge is 2.28. The van der Waals surface area contributed by atoms with Crippen LogP contribution in [0.3, 0.4) is 0 Å². The number of rotatable bonds is 6. The predicted octanol–water partition coefficient (Wildman–Crippen LogP) is 1.59. The van der Waals surface area contributed by atoms with Crippen LogP contribution in [-0.4, -0.2) is 69.8 Å². The van der Waals surface area contributed by atoms with E-state index in [9.17, 15) is 19.1 Å². The summed E-state index contributed by atoms with van der Waals surface area (Å²) in [5.74, 6) is -1.15. The average Bonchev–Trinajstić information content (AvgIpc) is 3.37. The van der Waals surface area contributed by atoms with Crippen molar-refractivity contribution in [2.45, 2.75) is 6.92 Å². The Kier molecular flexibility index (Phi) is 6.44. The van der Waals surface area contributed by atoms with Gasteiger partial charge in [0.05, 0.1) is 30.1 Å². The summed E-state index contributed by atoms with van der Waals surface area (Å²) in [5, 5.41) is 12.8. The van der Waals surface area contributed by atoms with E-state index in [1.165, 1.54) is 30.3 Å². The molecular formula is C24H22ClFN6O4. The summed E-state index contributed by atoms with van der Waals surface area (Å²) in [6, 6.07) is 5.68. The van der Waals surface area contributed by atoms with Gasteiger partial charge in [-0.2, -0.15) is 0 Å². The molecule has 0 spiro atoms. The second-order valence-corrected chi connectivity index (χ2v) is 8.84. The van der Waals surface area contributed by atoms with E-state index < -0.39 is 11.8 Å². The van der Waals surface area contributed by atoms with Crippen molar-refractivity contribution >= 4 is 53.0 Å². The Morgan fingerprint density at radius 2 is 2.08 bits per heavy atom. The molecule has 0 atom stereocenters. The number of carbonyl (C=O) groups is 2. The van der Waals surface area contributed by atoms with Gasteiger partial charge in [0.25, 0.3) is 5.91 Å². The molecule has 0 aliphatic carbocycles. The van der Waals surface area contributed by atoms with Crippen molar-refractivity contribution in [1.29, 1.82) is 0 Å². The van der Waals surface area contributed by atoms with E-state index in [0.717, 1.165) is 0 Å². The van der Waals surface area contributed by atoms with E-state index in [2.05, 4.69) is 25.2 Å². The van der Waals surface area contributed by atoms with Crippen LogP contribution in [0.2, 0.25) is 5.02 Å². The Morgan fingerprint density at radius 1 is 1.31 bits per heavy atom. The molecule has 186 valence electrons. The molecule has 3 N–H and O–H groups in total. The summed E-state index contributed by atoms with van der Waals surface area (Å²) in [4.78, 5) is 40.0. The number of hydrogen-bond donors (Lipinski definition) is 3. The minimum absolute atomic E-state index is 0.0386. The van der Waals surface area contributed by atoms with Crippen molar-refractivity contribution in [1.82, 2.24) is 19.9 Å². The number of halogens is 2. The Labute approximate surface area is 209 Å². The topological polar surface area (TPSA) is 124 Å². The van der Waals surface area contributed by atoms with E-state index in [-0.39, 0.29) is 22.1 Å². The Balaban J connectivity index is 1.60. The summed E-state index contributed by atoms with van der Waals surface area (Å²) in [6.07, 6.45) is 3.07. The zero-order valence-corrected chi connectivity index (χ0v) is 20.0. The zero-order valence-electron chi connectivity index (χ0n) is 19.2. The third-order valence-electron chi connectivity index (χ3n) is 5.92. The lowest BCUT2D eigenvalue weighted by Crippen LogP contribution is -2.46. The fraction of sp³-hybridized carbons (Fsp3) is 0.250. The molecule has 1 aromatic carbocycles. The monoisotopic (exact) mass is 512 g/mol. The van der Waals surface area contributed by atoms with Gasteiger partial charge in [-0.05, 0) is 36.8 Å². The van der Waals surface area contributed by atoms with E-state index >= 15 is 0 Å². The largest absolute Gasteiger partial charge is 0.477 e. The molecule has 5 rings (SSSR count). The highest BCUT2D eigenvalue weighted by molar-refractivity contribution is 6.31. The first-order valence-corrected chi connectivity index (χ1v) is 11.5. The molecule has 4 heterocycles. The number of aryl methyl sites for hydroxylation is 1. The van der Waals surface area contributed by atoms with Gasteiger partial charge in [0.1, 0.15) is 23.1 Å². The van der Waals surface area contributed by atoms with E-state index in [1.54, 1.807) is 17.9 Å². The van der Waals surface area contributed by atoms with Crippen LogP contribution < -0.4 is 20.9 Å². The number of aromatic carboxylic acids is 1. The minimum atomic E-state index is -1.08. The number of anilines is 3. The SMILES string of the molecule is Cc1cc(C(=O)O)[nH]c1C=c1nc(Nc2ccc(F)c(Cl)c2)c2c(n1)N(CN1CCOCC1)C(=O)C=2. The van der Waals surface area contributed by atoms with Gasteiger partial charge in [-0.25, -0.2) is 19.2 Å². The fourth-order valence-electron chi connectivity index (χ4n) is 4.04. The number of amides is 1. The van der Waals surface area contributed by atoms with Crippen LogP contribution in [-0.2, 0) is 9.53 Å². The smallest absolute Gasteiger partial charge is 0.352 e. The highest BCUT2D eigenvalue weighted by atomic mass is 35.5. The highest BCUT2D eigenvalue weighted by Crippen LogP contribution is 2.22. The lowest BCUT2D eigenvalue weighted by atomic mass is 10.2. The molecule has 3 aromatic rings. The van der Waals surface area contributed by atoms with Gasteiger partial charge in [-0.15, -0.1) is 0 Å². The molecule has 2 aliphatic rings. The molecule has 1 fully saturated rings. The first kappa shape index (κ1) is 23.9. The minimum Gasteiger partial charge on any atom is -0.477 e. The van der Waals surface area contributed by atoms with Crippen molar-refractivity contribution < 1.29 is 23.8 Å². The van der Waals surface area contributed by atoms with Crippen molar-refractivity contribution in [3.8, 4) is 0 Å². The molecule has 1 saturated heterocycles. The molecule has 2 aromatic heterocycles. The van der Waals surface area contributed by atoms with Crippen molar-refractivity contribution in [2.75, 3.05) is 43.2 Å². The predicted molar refractivity (Wildman–Crippen MR) is 131 cm³/mol.